The number of aliphatic carboxylic acids is 1. The minimum atomic E-state index is -1.93. The van der Waals surface area contributed by atoms with Crippen molar-refractivity contribution in [1.82, 2.24) is 10.2 Å². The lowest BCUT2D eigenvalue weighted by Crippen LogP contribution is -2.74. The highest BCUT2D eigenvalue weighted by Gasteiger charge is 2.71. The van der Waals surface area contributed by atoms with Gasteiger partial charge in [0.1, 0.15) is 17.6 Å². The first-order valence-electron chi connectivity index (χ1n) is 13.5. The van der Waals surface area contributed by atoms with E-state index in [1.807, 2.05) is 13.1 Å². The van der Waals surface area contributed by atoms with E-state index in [1.165, 1.54) is 13.8 Å². The number of carbonyl (C=O) groups excluding carboxylic acids is 3. The van der Waals surface area contributed by atoms with Crippen molar-refractivity contribution >= 4 is 23.8 Å². The van der Waals surface area contributed by atoms with Crippen LogP contribution >= 0.6 is 0 Å². The first-order chi connectivity index (χ1) is 19.3. The van der Waals surface area contributed by atoms with Crippen LogP contribution in [0.25, 0.3) is 0 Å². The maximum atomic E-state index is 12.9. The van der Waals surface area contributed by atoms with Crippen LogP contribution < -0.4 is 10.1 Å². The van der Waals surface area contributed by atoms with Gasteiger partial charge in [0, 0.05) is 23.6 Å². The number of ether oxygens (including phenoxy) is 3. The Labute approximate surface area is 235 Å². The molecule has 2 aliphatic carbocycles. The van der Waals surface area contributed by atoms with E-state index in [9.17, 15) is 34.5 Å². The quantitative estimate of drug-likeness (QED) is 0.233. The van der Waals surface area contributed by atoms with E-state index in [4.69, 9.17) is 19.3 Å². The van der Waals surface area contributed by atoms with Gasteiger partial charge in [-0.25, -0.2) is 4.79 Å². The number of aliphatic hydroxyl groups is 3. The molecule has 2 heterocycles. The van der Waals surface area contributed by atoms with E-state index in [2.05, 4.69) is 10.2 Å². The van der Waals surface area contributed by atoms with Crippen molar-refractivity contribution < 1.29 is 53.8 Å². The number of carboxylic acids is 1. The minimum Gasteiger partial charge on any atom is -0.481 e. The Morgan fingerprint density at radius 2 is 1.98 bits per heavy atom. The number of hydrogen-bond acceptors (Lipinski definition) is 11. The average molecular weight is 575 g/mol. The van der Waals surface area contributed by atoms with Crippen molar-refractivity contribution in [3.05, 3.63) is 40.7 Å². The van der Waals surface area contributed by atoms with Crippen molar-refractivity contribution in [3.63, 3.8) is 0 Å². The molecule has 4 aliphatic rings. The third-order valence-corrected chi connectivity index (χ3v) is 8.88. The van der Waals surface area contributed by atoms with E-state index in [1.54, 1.807) is 12.1 Å². The maximum Gasteiger partial charge on any atom is 0.340 e. The van der Waals surface area contributed by atoms with Crippen LogP contribution in [0.4, 0.5) is 0 Å². The van der Waals surface area contributed by atoms with Gasteiger partial charge in [-0.05, 0) is 51.9 Å². The van der Waals surface area contributed by atoms with Gasteiger partial charge in [0.2, 0.25) is 0 Å². The summed E-state index contributed by atoms with van der Waals surface area (Å²) in [6.45, 7) is 2.84. The number of esters is 2. The van der Waals surface area contributed by atoms with E-state index >= 15 is 0 Å². The monoisotopic (exact) mass is 574 g/mol. The third kappa shape index (κ3) is 4.47. The molecule has 1 amide bonds. The summed E-state index contributed by atoms with van der Waals surface area (Å²) in [5.74, 6) is -3.78. The molecule has 0 unspecified atom stereocenters. The summed E-state index contributed by atoms with van der Waals surface area (Å²) in [5.41, 5.74) is 0.187. The SMILES string of the molecule is C[C@H](NC(=O)[C@H](C)OC(=O)C[C@H](O)C(=O)OC1=CC[C@@]2(O)[C@H]3Cc4ccc(CO)c5c4[C@@]2(CCN3C)[C@H]1O5)C(=O)O. The van der Waals surface area contributed by atoms with Crippen molar-refractivity contribution in [2.24, 2.45) is 0 Å². The van der Waals surface area contributed by atoms with Crippen LogP contribution in [0.15, 0.2) is 24.0 Å². The van der Waals surface area contributed by atoms with Gasteiger partial charge in [-0.2, -0.15) is 0 Å². The summed E-state index contributed by atoms with van der Waals surface area (Å²) in [5, 5.41) is 43.7. The van der Waals surface area contributed by atoms with Crippen LogP contribution in [0, 0.1) is 0 Å². The summed E-state index contributed by atoms with van der Waals surface area (Å²) >= 11 is 0. The topological polar surface area (TPSA) is 192 Å². The zero-order chi connectivity index (χ0) is 29.9. The van der Waals surface area contributed by atoms with Gasteiger partial charge in [-0.15, -0.1) is 0 Å². The fourth-order valence-electron chi connectivity index (χ4n) is 6.75. The largest absolute Gasteiger partial charge is 0.481 e. The van der Waals surface area contributed by atoms with E-state index in [-0.39, 0.29) is 24.8 Å². The molecule has 1 aromatic rings. The Kier molecular flexibility index (Phi) is 7.35. The summed E-state index contributed by atoms with van der Waals surface area (Å²) in [6.07, 6.45) is -2.19. The maximum absolute atomic E-state index is 12.9. The smallest absolute Gasteiger partial charge is 0.340 e. The first-order valence-corrected chi connectivity index (χ1v) is 13.5. The number of benzene rings is 1. The highest BCUT2D eigenvalue weighted by atomic mass is 16.6. The fourth-order valence-corrected chi connectivity index (χ4v) is 6.75. The van der Waals surface area contributed by atoms with Crippen LogP contribution in [-0.4, -0.2) is 98.7 Å². The predicted octanol–water partition coefficient (Wildman–Crippen LogP) is -0.728. The van der Waals surface area contributed by atoms with Gasteiger partial charge in [0.15, 0.2) is 18.3 Å². The number of likely N-dealkylation sites (tertiary alicyclic amines) is 1. The van der Waals surface area contributed by atoms with Crippen LogP contribution in [0.1, 0.15) is 49.8 Å². The number of hydrogen-bond donors (Lipinski definition) is 5. The summed E-state index contributed by atoms with van der Waals surface area (Å²) in [6, 6.07) is 2.30. The van der Waals surface area contributed by atoms with E-state index in [0.29, 0.717) is 30.7 Å². The Hall–Kier alpha value is -3.52. The summed E-state index contributed by atoms with van der Waals surface area (Å²) < 4.78 is 16.9. The second kappa shape index (κ2) is 10.4. The molecule has 5 N–H and O–H groups in total. The van der Waals surface area contributed by atoms with E-state index < -0.39 is 65.6 Å². The Bertz CT molecular complexity index is 1330. The number of rotatable bonds is 9. The predicted molar refractivity (Wildman–Crippen MR) is 138 cm³/mol. The van der Waals surface area contributed by atoms with Gasteiger partial charge in [-0.1, -0.05) is 12.1 Å². The van der Waals surface area contributed by atoms with Crippen molar-refractivity contribution in [3.8, 4) is 5.75 Å². The van der Waals surface area contributed by atoms with Crippen molar-refractivity contribution in [2.75, 3.05) is 13.6 Å². The number of nitrogens with one attached hydrogen (secondary N) is 1. The molecule has 0 aromatic heterocycles. The van der Waals surface area contributed by atoms with Gasteiger partial charge in [0.05, 0.1) is 24.0 Å². The zero-order valence-corrected chi connectivity index (χ0v) is 23.0. The van der Waals surface area contributed by atoms with E-state index in [0.717, 1.165) is 11.1 Å². The summed E-state index contributed by atoms with van der Waals surface area (Å²) in [4.78, 5) is 50.3. The van der Waals surface area contributed by atoms with Crippen LogP contribution in [0.2, 0.25) is 0 Å². The minimum absolute atomic E-state index is 0.0961. The standard InChI is InChI=1S/C28H34N2O11/c1-13(25(35)36)29-24(34)14(2)39-20(33)11-17(32)26(37)40-18-6-7-28(38)19-10-15-4-5-16(12-31)22-21(15)27(28,23(18)41-22)8-9-30(19)3/h4-6,13-14,17,19,23,31-32,38H,7-12H2,1-3H3,(H,29,34)(H,35,36)/t13-,14-,17-,19+,23-,27-,28+/m0/s1. The second-order valence-electron chi connectivity index (χ2n) is 11.2. The number of nitrogens with zero attached hydrogens (tertiary/aromatic N) is 1. The molecule has 1 spiro atoms. The first kappa shape index (κ1) is 29.0. The molecule has 5 rings (SSSR count). The summed E-state index contributed by atoms with van der Waals surface area (Å²) in [7, 11) is 1.96. The number of likely N-dealkylation sites (N-methyl/N-ethyl adjacent to an activating group) is 1. The third-order valence-electron chi connectivity index (χ3n) is 8.88. The van der Waals surface area contributed by atoms with Crippen molar-refractivity contribution in [2.45, 2.75) is 87.5 Å². The molecule has 1 aromatic carbocycles. The van der Waals surface area contributed by atoms with Gasteiger partial charge in [-0.3, -0.25) is 14.4 Å². The number of aliphatic hydroxyl groups excluding tert-OH is 2. The lowest BCUT2D eigenvalue weighted by Gasteiger charge is -2.61. The molecular weight excluding hydrogens is 540 g/mol. The number of piperidine rings is 1. The normalized spacial score (nSPS) is 29.7. The molecule has 1 saturated heterocycles. The molecule has 41 heavy (non-hydrogen) atoms. The number of amides is 1. The molecule has 0 saturated carbocycles. The number of carbonyl (C=O) groups is 4. The Morgan fingerprint density at radius 1 is 1.24 bits per heavy atom. The highest BCUT2D eigenvalue weighted by molar-refractivity contribution is 5.88. The zero-order valence-electron chi connectivity index (χ0n) is 23.0. The highest BCUT2D eigenvalue weighted by Crippen LogP contribution is 2.64. The molecule has 13 nitrogen and oxygen atoms in total. The van der Waals surface area contributed by atoms with Crippen molar-refractivity contribution in [1.29, 1.82) is 0 Å². The van der Waals surface area contributed by atoms with Crippen LogP contribution in [0.3, 0.4) is 0 Å². The Morgan fingerprint density at radius 3 is 2.66 bits per heavy atom. The Balaban J connectivity index is 1.32. The molecule has 1 fully saturated rings. The second-order valence-corrected chi connectivity index (χ2v) is 11.2. The molecule has 2 bridgehead atoms. The molecular formula is C28H34N2O11. The average Bonchev–Trinajstić information content (AvgIpc) is 3.27. The molecule has 0 radical (unpaired) electrons. The molecule has 13 heteroatoms. The molecule has 2 aliphatic heterocycles. The molecule has 7 atom stereocenters. The van der Waals surface area contributed by atoms with Crippen LogP contribution in [0.5, 0.6) is 5.75 Å². The lowest BCUT2D eigenvalue weighted by molar-refractivity contribution is -0.173. The van der Waals surface area contributed by atoms with Gasteiger partial charge in [0.25, 0.3) is 5.91 Å². The number of carboxylic acid groups (broad SMARTS) is 1. The van der Waals surface area contributed by atoms with Gasteiger partial charge >= 0.3 is 17.9 Å². The fraction of sp³-hybridized carbons (Fsp3) is 0.571. The van der Waals surface area contributed by atoms with Gasteiger partial charge < -0.3 is 44.9 Å². The van der Waals surface area contributed by atoms with Crippen LogP contribution in [-0.2, 0) is 47.1 Å². The lowest BCUT2D eigenvalue weighted by atomic mass is 9.50. The molecule has 222 valence electrons.